The number of hydrogen-bond donors (Lipinski definition) is 1. The zero-order valence-corrected chi connectivity index (χ0v) is 16.4. The van der Waals surface area contributed by atoms with Crippen LogP contribution in [-0.2, 0) is 14.3 Å². The number of carbonyl (C=O) groups excluding carboxylic acids is 3. The van der Waals surface area contributed by atoms with Crippen LogP contribution in [0.1, 0.15) is 36.2 Å². The Morgan fingerprint density at radius 2 is 2.00 bits per heavy atom. The fraction of sp³-hybridized carbons (Fsp3) is 0.650. The minimum Gasteiger partial charge on any atom is -0.461 e. The van der Waals surface area contributed by atoms with Crippen molar-refractivity contribution in [3.8, 4) is 0 Å². The molecule has 0 aromatic carbocycles. The first-order chi connectivity index (χ1) is 13.6. The number of ether oxygens (including phenoxy) is 1. The van der Waals surface area contributed by atoms with E-state index in [0.717, 1.165) is 38.8 Å². The SMILES string of the molecule is COCCNC(=O)C1CCCN(C2CCN(C(=O)C(=O)c3ccco3)CC2)C1. The standard InChI is InChI=1S/C20H29N3O5/c1-27-13-8-21-19(25)15-4-2-9-23(14-15)16-6-10-22(11-7-16)20(26)18(24)17-5-3-12-28-17/h3,5,12,15-16H,2,4,6-11,13-14H2,1H3,(H,21,25). The molecule has 0 bridgehead atoms. The zero-order valence-electron chi connectivity index (χ0n) is 16.4. The first kappa shape index (κ1) is 20.5. The third kappa shape index (κ3) is 4.99. The van der Waals surface area contributed by atoms with Crippen molar-refractivity contribution in [1.82, 2.24) is 15.1 Å². The van der Waals surface area contributed by atoms with E-state index in [4.69, 9.17) is 9.15 Å². The van der Waals surface area contributed by atoms with E-state index in [9.17, 15) is 14.4 Å². The summed E-state index contributed by atoms with van der Waals surface area (Å²) in [6.45, 7) is 3.89. The third-order valence-corrected chi connectivity index (χ3v) is 5.64. The second-order valence-electron chi connectivity index (χ2n) is 7.45. The van der Waals surface area contributed by atoms with Crippen molar-refractivity contribution in [1.29, 1.82) is 0 Å². The lowest BCUT2D eigenvalue weighted by molar-refractivity contribution is -0.128. The summed E-state index contributed by atoms with van der Waals surface area (Å²) in [6, 6.07) is 3.46. The van der Waals surface area contributed by atoms with Crippen LogP contribution in [0.2, 0.25) is 0 Å². The molecule has 0 spiro atoms. The van der Waals surface area contributed by atoms with Gasteiger partial charge in [0.25, 0.3) is 11.7 Å². The Hall–Kier alpha value is -2.19. The van der Waals surface area contributed by atoms with E-state index in [0.29, 0.717) is 32.3 Å². The van der Waals surface area contributed by atoms with E-state index in [-0.39, 0.29) is 17.6 Å². The van der Waals surface area contributed by atoms with Crippen molar-refractivity contribution in [3.63, 3.8) is 0 Å². The van der Waals surface area contributed by atoms with Crippen LogP contribution >= 0.6 is 0 Å². The predicted molar refractivity (Wildman–Crippen MR) is 102 cm³/mol. The molecule has 1 aromatic rings. The Bertz CT molecular complexity index is 667. The molecule has 2 aliphatic heterocycles. The Kier molecular flexibility index (Phi) is 7.22. The summed E-state index contributed by atoms with van der Waals surface area (Å²) in [5.74, 6) is -0.897. The Balaban J connectivity index is 1.47. The molecule has 2 fully saturated rings. The number of nitrogens with one attached hydrogen (secondary N) is 1. The molecule has 154 valence electrons. The van der Waals surface area contributed by atoms with Gasteiger partial charge in [0.05, 0.1) is 18.8 Å². The minimum atomic E-state index is -0.589. The van der Waals surface area contributed by atoms with Gasteiger partial charge in [0.1, 0.15) is 0 Å². The number of furan rings is 1. The van der Waals surface area contributed by atoms with Crippen molar-refractivity contribution in [2.24, 2.45) is 5.92 Å². The molecular weight excluding hydrogens is 362 g/mol. The van der Waals surface area contributed by atoms with Crippen molar-refractivity contribution in [3.05, 3.63) is 24.2 Å². The largest absolute Gasteiger partial charge is 0.461 e. The second-order valence-corrected chi connectivity index (χ2v) is 7.45. The van der Waals surface area contributed by atoms with E-state index in [2.05, 4.69) is 10.2 Å². The Morgan fingerprint density at radius 1 is 1.21 bits per heavy atom. The number of piperidine rings is 2. The highest BCUT2D eigenvalue weighted by molar-refractivity contribution is 6.41. The molecule has 1 aromatic heterocycles. The van der Waals surface area contributed by atoms with Gasteiger partial charge in [0, 0.05) is 39.3 Å². The van der Waals surface area contributed by atoms with E-state index >= 15 is 0 Å². The van der Waals surface area contributed by atoms with Crippen molar-refractivity contribution in [2.75, 3.05) is 46.4 Å². The molecule has 0 aliphatic carbocycles. The molecule has 3 heterocycles. The summed E-state index contributed by atoms with van der Waals surface area (Å²) in [4.78, 5) is 40.9. The Labute approximate surface area is 165 Å². The molecule has 1 atom stereocenters. The van der Waals surface area contributed by atoms with Crippen molar-refractivity contribution < 1.29 is 23.5 Å². The maximum atomic E-state index is 12.4. The lowest BCUT2D eigenvalue weighted by Gasteiger charge is -2.41. The number of hydrogen-bond acceptors (Lipinski definition) is 6. The van der Waals surface area contributed by atoms with Gasteiger partial charge in [0.2, 0.25) is 5.91 Å². The molecule has 3 rings (SSSR count). The third-order valence-electron chi connectivity index (χ3n) is 5.64. The average Bonchev–Trinajstić information content (AvgIpc) is 3.28. The maximum absolute atomic E-state index is 12.4. The second kappa shape index (κ2) is 9.84. The van der Waals surface area contributed by atoms with Crippen LogP contribution in [-0.4, -0.2) is 79.9 Å². The van der Waals surface area contributed by atoms with Crippen LogP contribution in [0.5, 0.6) is 0 Å². The summed E-state index contributed by atoms with van der Waals surface area (Å²) < 4.78 is 10.0. The predicted octanol–water partition coefficient (Wildman–Crippen LogP) is 0.928. The number of amides is 2. The monoisotopic (exact) mass is 391 g/mol. The average molecular weight is 391 g/mol. The van der Waals surface area contributed by atoms with E-state index in [1.54, 1.807) is 18.1 Å². The zero-order chi connectivity index (χ0) is 19.9. The summed E-state index contributed by atoms with van der Waals surface area (Å²) >= 11 is 0. The highest BCUT2D eigenvalue weighted by Gasteiger charge is 2.34. The van der Waals surface area contributed by atoms with Crippen LogP contribution in [0.15, 0.2) is 22.8 Å². The van der Waals surface area contributed by atoms with Gasteiger partial charge >= 0.3 is 0 Å². The number of nitrogens with zero attached hydrogens (tertiary/aromatic N) is 2. The molecule has 2 amide bonds. The van der Waals surface area contributed by atoms with Gasteiger partial charge in [-0.1, -0.05) is 0 Å². The fourth-order valence-corrected chi connectivity index (χ4v) is 4.06. The summed E-state index contributed by atoms with van der Waals surface area (Å²) in [5.41, 5.74) is 0. The van der Waals surface area contributed by atoms with Crippen molar-refractivity contribution in [2.45, 2.75) is 31.7 Å². The molecule has 28 heavy (non-hydrogen) atoms. The van der Waals surface area contributed by atoms with Gasteiger partial charge in [0.15, 0.2) is 5.76 Å². The maximum Gasteiger partial charge on any atom is 0.298 e. The van der Waals surface area contributed by atoms with Crippen molar-refractivity contribution >= 4 is 17.6 Å². The highest BCUT2D eigenvalue weighted by Crippen LogP contribution is 2.24. The van der Waals surface area contributed by atoms with Gasteiger partial charge in [-0.05, 0) is 44.4 Å². The quantitative estimate of drug-likeness (QED) is 0.422. The van der Waals surface area contributed by atoms with Crippen LogP contribution in [0.25, 0.3) is 0 Å². The molecule has 1 unspecified atom stereocenters. The first-order valence-corrected chi connectivity index (χ1v) is 9.98. The number of ketones is 1. The molecular formula is C20H29N3O5. The number of likely N-dealkylation sites (tertiary alicyclic amines) is 2. The fourth-order valence-electron chi connectivity index (χ4n) is 4.06. The van der Waals surface area contributed by atoms with Crippen LogP contribution < -0.4 is 5.32 Å². The van der Waals surface area contributed by atoms with E-state index in [1.807, 2.05) is 0 Å². The first-order valence-electron chi connectivity index (χ1n) is 9.98. The summed E-state index contributed by atoms with van der Waals surface area (Å²) in [7, 11) is 1.62. The smallest absolute Gasteiger partial charge is 0.298 e. The topological polar surface area (TPSA) is 92.1 Å². The normalized spacial score (nSPS) is 21.5. The number of methoxy groups -OCH3 is 1. The molecule has 2 saturated heterocycles. The van der Waals surface area contributed by atoms with Crippen LogP contribution in [0, 0.1) is 5.92 Å². The van der Waals surface area contributed by atoms with Gasteiger partial charge in [-0.25, -0.2) is 0 Å². The Morgan fingerprint density at radius 3 is 2.68 bits per heavy atom. The number of Topliss-reactive ketones (excluding diaryl/α,β-unsaturated/α-hetero) is 1. The van der Waals surface area contributed by atoms with E-state index in [1.165, 1.54) is 12.3 Å². The minimum absolute atomic E-state index is 0.00537. The lowest BCUT2D eigenvalue weighted by Crippen LogP contribution is -2.52. The molecule has 0 saturated carbocycles. The van der Waals surface area contributed by atoms with Gasteiger partial charge < -0.3 is 19.4 Å². The number of carbonyl (C=O) groups is 3. The molecule has 1 N–H and O–H groups in total. The molecule has 0 radical (unpaired) electrons. The lowest BCUT2D eigenvalue weighted by atomic mass is 9.93. The molecule has 8 nitrogen and oxygen atoms in total. The van der Waals surface area contributed by atoms with Crippen LogP contribution in [0.4, 0.5) is 0 Å². The van der Waals surface area contributed by atoms with Gasteiger partial charge in [-0.15, -0.1) is 0 Å². The van der Waals surface area contributed by atoms with Crippen LogP contribution in [0.3, 0.4) is 0 Å². The van der Waals surface area contributed by atoms with Gasteiger partial charge in [-0.2, -0.15) is 0 Å². The van der Waals surface area contributed by atoms with E-state index < -0.39 is 11.7 Å². The molecule has 2 aliphatic rings. The number of rotatable bonds is 7. The highest BCUT2D eigenvalue weighted by atomic mass is 16.5. The summed E-state index contributed by atoms with van der Waals surface area (Å²) in [6.07, 6.45) is 4.93. The van der Waals surface area contributed by atoms with Gasteiger partial charge in [-0.3, -0.25) is 19.3 Å². The summed E-state index contributed by atoms with van der Waals surface area (Å²) in [5, 5.41) is 2.93. The molecule has 8 heteroatoms.